The monoisotopic (exact) mass is 308 g/mol. The molecule has 2 amide bonds. The van der Waals surface area contributed by atoms with E-state index in [4.69, 9.17) is 16.6 Å². The minimum Gasteiger partial charge on any atom is -0.394 e. The lowest BCUT2D eigenvalue weighted by Gasteiger charge is -2.34. The smallest absolute Gasteiger partial charge is 0.324 e. The van der Waals surface area contributed by atoms with E-state index in [1.54, 1.807) is 0 Å². The van der Waals surface area contributed by atoms with Crippen LogP contribution in [0.15, 0.2) is 0 Å². The molecule has 2 fully saturated rings. The Kier molecular flexibility index (Phi) is 3.28. The first-order valence-corrected chi connectivity index (χ1v) is 5.94. The number of rotatable bonds is 2. The second-order valence-corrected chi connectivity index (χ2v) is 4.91. The second-order valence-electron chi connectivity index (χ2n) is 3.95. The number of ether oxygens (including phenoxy) is 1. The molecule has 8 heteroatoms. The number of urea groups is 1. The van der Waals surface area contributed by atoms with Gasteiger partial charge in [0, 0.05) is 13.0 Å². The van der Waals surface area contributed by atoms with Gasteiger partial charge in [0.2, 0.25) is 0 Å². The lowest BCUT2D eigenvalue weighted by molar-refractivity contribution is -0.0637. The van der Waals surface area contributed by atoms with Crippen molar-refractivity contribution in [1.82, 2.24) is 10.2 Å². The molecule has 7 nitrogen and oxygen atoms in total. The van der Waals surface area contributed by atoms with E-state index in [0.29, 0.717) is 0 Å². The third-order valence-corrected chi connectivity index (χ3v) is 3.45. The number of nitrogens with one attached hydrogen (secondary N) is 2. The third-order valence-electron chi connectivity index (χ3n) is 2.80. The number of carbonyl (C=O) groups excluding carboxylic acids is 1. The molecule has 4 atom stereocenters. The molecule has 0 radical (unpaired) electrons. The Bertz CT molecular complexity index is 381. The van der Waals surface area contributed by atoms with Crippen molar-refractivity contribution < 1.29 is 21.1 Å². The largest absolute Gasteiger partial charge is 0.394 e. The Morgan fingerprint density at radius 1 is 1.76 bits per heavy atom. The van der Waals surface area contributed by atoms with E-state index in [0.717, 1.165) is 0 Å². The maximum Gasteiger partial charge on any atom is 0.324 e. The Hall–Kier alpha value is -0.700. The minimum atomic E-state index is -1.41. The molecule has 17 heavy (non-hydrogen) atoms. The zero-order chi connectivity index (χ0) is 13.5. The number of amidine groups is 1. The van der Waals surface area contributed by atoms with Gasteiger partial charge in [-0.3, -0.25) is 15.6 Å². The number of halogens is 1. The van der Waals surface area contributed by atoms with Gasteiger partial charge in [-0.1, -0.05) is 15.9 Å². The standard InChI is InChI=1S/C9H14BrN3O4/c10-4-2-13(9(16)12-8(4)11)7-1-5(15)6(3-14)17-7/h4-7,14-15H,1-3H2,(H2,11,12,16)/t4?,5-,6+,7+/m0/s1/i4D. The molecule has 2 saturated heterocycles. The number of amides is 2. The van der Waals surface area contributed by atoms with Gasteiger partial charge in [-0.2, -0.15) is 0 Å². The maximum atomic E-state index is 11.7. The number of hydrogen-bond donors (Lipinski definition) is 4. The van der Waals surface area contributed by atoms with Gasteiger partial charge in [0.25, 0.3) is 0 Å². The summed E-state index contributed by atoms with van der Waals surface area (Å²) in [5.74, 6) is -0.235. The highest BCUT2D eigenvalue weighted by molar-refractivity contribution is 9.10. The van der Waals surface area contributed by atoms with Crippen LogP contribution in [0.4, 0.5) is 4.79 Å². The van der Waals surface area contributed by atoms with Gasteiger partial charge in [0.05, 0.1) is 18.9 Å². The Labute approximate surface area is 108 Å². The molecular formula is C9H14BrN3O4. The van der Waals surface area contributed by atoms with Crippen LogP contribution in [0.25, 0.3) is 0 Å². The topological polar surface area (TPSA) is 106 Å². The van der Waals surface area contributed by atoms with Crippen LogP contribution in [0.3, 0.4) is 0 Å². The molecule has 96 valence electrons. The summed E-state index contributed by atoms with van der Waals surface area (Å²) in [5, 5.41) is 28.3. The molecule has 0 aliphatic carbocycles. The summed E-state index contributed by atoms with van der Waals surface area (Å²) < 4.78 is 13.2. The lowest BCUT2D eigenvalue weighted by Crippen LogP contribution is -2.58. The van der Waals surface area contributed by atoms with Crippen LogP contribution in [-0.4, -0.2) is 63.4 Å². The number of alkyl halides is 1. The SMILES string of the molecule is [2H]C1(Br)CN([C@H]2C[C@H](O)[C@@H](CO)O2)C(=O)NC1=N. The molecule has 4 N–H and O–H groups in total. The number of aliphatic hydroxyl groups excluding tert-OH is 2. The molecule has 0 aromatic rings. The predicted molar refractivity (Wildman–Crippen MR) is 62.1 cm³/mol. The highest BCUT2D eigenvalue weighted by atomic mass is 79.9. The van der Waals surface area contributed by atoms with Gasteiger partial charge < -0.3 is 14.9 Å². The summed E-state index contributed by atoms with van der Waals surface area (Å²) >= 11 is 3.04. The first-order chi connectivity index (χ1) is 8.35. The van der Waals surface area contributed by atoms with E-state index in [2.05, 4.69) is 21.2 Å². The zero-order valence-electron chi connectivity index (χ0n) is 9.89. The number of hydrogen-bond acceptors (Lipinski definition) is 5. The molecule has 2 aliphatic heterocycles. The van der Waals surface area contributed by atoms with Crippen molar-refractivity contribution in [3.63, 3.8) is 0 Å². The van der Waals surface area contributed by atoms with Gasteiger partial charge >= 0.3 is 6.03 Å². The summed E-state index contributed by atoms with van der Waals surface area (Å²) in [7, 11) is 0. The fraction of sp³-hybridized carbons (Fsp3) is 0.778. The second kappa shape index (κ2) is 4.89. The Morgan fingerprint density at radius 3 is 3.06 bits per heavy atom. The van der Waals surface area contributed by atoms with Crippen molar-refractivity contribution in [2.24, 2.45) is 0 Å². The lowest BCUT2D eigenvalue weighted by atomic mass is 10.2. The van der Waals surface area contributed by atoms with E-state index in [1.807, 2.05) is 0 Å². The summed E-state index contributed by atoms with van der Waals surface area (Å²) in [6.45, 7) is -0.392. The van der Waals surface area contributed by atoms with Crippen LogP contribution in [0, 0.1) is 5.41 Å². The van der Waals surface area contributed by atoms with Crippen LogP contribution in [0.1, 0.15) is 7.79 Å². The number of aliphatic hydroxyl groups is 2. The van der Waals surface area contributed by atoms with Crippen molar-refractivity contribution >= 4 is 27.8 Å². The van der Waals surface area contributed by atoms with E-state index >= 15 is 0 Å². The normalized spacial score (nSPS) is 43.6. The van der Waals surface area contributed by atoms with Crippen molar-refractivity contribution in [3.05, 3.63) is 0 Å². The molecule has 2 heterocycles. The Morgan fingerprint density at radius 2 is 2.47 bits per heavy atom. The zero-order valence-corrected chi connectivity index (χ0v) is 10.5. The highest BCUT2D eigenvalue weighted by Gasteiger charge is 2.41. The van der Waals surface area contributed by atoms with Crippen molar-refractivity contribution in [2.75, 3.05) is 13.2 Å². The first kappa shape index (κ1) is 11.4. The van der Waals surface area contributed by atoms with Gasteiger partial charge in [0.15, 0.2) is 0 Å². The first-order valence-electron chi connectivity index (χ1n) is 5.65. The predicted octanol–water partition coefficient (Wildman–Crippen LogP) is -0.779. The summed E-state index contributed by atoms with van der Waals surface area (Å²) in [6.07, 6.45) is -2.09. The summed E-state index contributed by atoms with van der Waals surface area (Å²) in [5.41, 5.74) is 0. The van der Waals surface area contributed by atoms with Crippen LogP contribution in [-0.2, 0) is 4.74 Å². The molecule has 0 spiro atoms. The van der Waals surface area contributed by atoms with Gasteiger partial charge in [-0.05, 0) is 0 Å². The van der Waals surface area contributed by atoms with Crippen molar-refractivity contribution in [3.8, 4) is 0 Å². The van der Waals surface area contributed by atoms with E-state index < -0.39 is 29.3 Å². The average Bonchev–Trinajstić information content (AvgIpc) is 2.65. The third kappa shape index (κ3) is 2.44. The van der Waals surface area contributed by atoms with Gasteiger partial charge in [-0.15, -0.1) is 0 Å². The maximum absolute atomic E-state index is 11.7. The van der Waals surface area contributed by atoms with E-state index in [9.17, 15) is 9.90 Å². The number of nitrogens with zero attached hydrogens (tertiary/aromatic N) is 1. The highest BCUT2D eigenvalue weighted by Crippen LogP contribution is 2.25. The van der Waals surface area contributed by atoms with Crippen molar-refractivity contribution in [1.29, 1.82) is 5.41 Å². The number of carbonyl (C=O) groups is 1. The fourth-order valence-electron chi connectivity index (χ4n) is 1.85. The molecule has 2 aliphatic rings. The van der Waals surface area contributed by atoms with Crippen LogP contribution in [0.2, 0.25) is 0 Å². The molecule has 0 bridgehead atoms. The quantitative estimate of drug-likeness (QED) is 0.502. The summed E-state index contributed by atoms with van der Waals surface area (Å²) in [6, 6.07) is -0.543. The average molecular weight is 309 g/mol. The van der Waals surface area contributed by atoms with E-state index in [-0.39, 0.29) is 25.4 Å². The van der Waals surface area contributed by atoms with Gasteiger partial charge in [-0.25, -0.2) is 4.79 Å². The van der Waals surface area contributed by atoms with E-state index in [1.165, 1.54) is 4.90 Å². The van der Waals surface area contributed by atoms with Crippen LogP contribution in [0.5, 0.6) is 0 Å². The molecular weight excluding hydrogens is 294 g/mol. The fourth-order valence-corrected chi connectivity index (χ4v) is 2.22. The molecule has 0 aromatic carbocycles. The molecule has 0 saturated carbocycles. The van der Waals surface area contributed by atoms with Gasteiger partial charge in [0.1, 0.15) is 18.2 Å². The Balaban J connectivity index is 2.10. The molecule has 1 unspecified atom stereocenters. The summed E-state index contributed by atoms with van der Waals surface area (Å²) in [4.78, 5) is 11.6. The molecule has 2 rings (SSSR count). The van der Waals surface area contributed by atoms with Crippen LogP contribution >= 0.6 is 15.9 Å². The van der Waals surface area contributed by atoms with Crippen molar-refractivity contribution in [2.45, 2.75) is 29.7 Å². The minimum absolute atomic E-state index is 0.0623. The van der Waals surface area contributed by atoms with Crippen LogP contribution < -0.4 is 5.32 Å². The molecule has 0 aromatic heterocycles.